The van der Waals surface area contributed by atoms with Gasteiger partial charge in [-0.05, 0) is 35.4 Å². The number of hydrogen-bond acceptors (Lipinski definition) is 5. The number of fused-ring (bicyclic) bond motifs is 2. The third-order valence-corrected chi connectivity index (χ3v) is 5.44. The van der Waals surface area contributed by atoms with Crippen LogP contribution < -0.4 is 5.32 Å². The van der Waals surface area contributed by atoms with E-state index in [1.54, 1.807) is 28.9 Å². The van der Waals surface area contributed by atoms with E-state index in [0.717, 1.165) is 16.5 Å². The van der Waals surface area contributed by atoms with Gasteiger partial charge >= 0.3 is 0 Å². The van der Waals surface area contributed by atoms with Crippen LogP contribution in [-0.4, -0.2) is 41.9 Å². The van der Waals surface area contributed by atoms with E-state index in [4.69, 9.17) is 5.11 Å². The summed E-state index contributed by atoms with van der Waals surface area (Å²) in [5, 5.41) is 27.3. The van der Waals surface area contributed by atoms with Crippen molar-refractivity contribution >= 4 is 28.1 Å². The summed E-state index contributed by atoms with van der Waals surface area (Å²) in [6.45, 7) is 0.253. The lowest BCUT2D eigenvalue weighted by Gasteiger charge is -2.09. The normalized spacial score (nSPS) is 12.3. The molecule has 0 aliphatic heterocycles. The van der Waals surface area contributed by atoms with Gasteiger partial charge in [-0.1, -0.05) is 36.4 Å². The van der Waals surface area contributed by atoms with Crippen LogP contribution in [0.5, 0.6) is 0 Å². The molecule has 0 aliphatic carbocycles. The van der Waals surface area contributed by atoms with Crippen molar-refractivity contribution in [1.29, 1.82) is 0 Å². The molecule has 3 heterocycles. The molecule has 0 saturated heterocycles. The number of hydrogen-bond donors (Lipinski definition) is 3. The quantitative estimate of drug-likeness (QED) is 0.386. The van der Waals surface area contributed by atoms with Gasteiger partial charge in [0, 0.05) is 11.6 Å². The Hall–Kier alpha value is -4.01. The van der Waals surface area contributed by atoms with Gasteiger partial charge in [-0.25, -0.2) is 4.98 Å². The van der Waals surface area contributed by atoms with Gasteiger partial charge in [0.2, 0.25) is 0 Å². The van der Waals surface area contributed by atoms with E-state index in [-0.39, 0.29) is 12.5 Å². The molecule has 0 bridgehead atoms. The maximum absolute atomic E-state index is 13.0. The first-order chi connectivity index (χ1) is 15.6. The average molecular weight is 427 g/mol. The summed E-state index contributed by atoms with van der Waals surface area (Å²) in [6.07, 6.45) is 3.91. The third kappa shape index (κ3) is 3.62. The van der Waals surface area contributed by atoms with Crippen LogP contribution in [-0.2, 0) is 6.54 Å². The number of pyridine rings is 1. The minimum atomic E-state index is -0.987. The second-order valence-electron chi connectivity index (χ2n) is 7.51. The highest BCUT2D eigenvalue weighted by molar-refractivity contribution is 6.08. The molecule has 32 heavy (non-hydrogen) atoms. The fourth-order valence-corrected chi connectivity index (χ4v) is 3.76. The Bertz CT molecular complexity index is 1410. The molecule has 0 spiro atoms. The van der Waals surface area contributed by atoms with Gasteiger partial charge in [0.1, 0.15) is 17.4 Å². The number of aliphatic hydroxyl groups excluding tert-OH is 2. The Morgan fingerprint density at radius 1 is 1.06 bits per heavy atom. The molecule has 1 atom stereocenters. The molecular weight excluding hydrogens is 406 g/mol. The van der Waals surface area contributed by atoms with Crippen molar-refractivity contribution in [3.63, 3.8) is 0 Å². The van der Waals surface area contributed by atoms with Crippen LogP contribution >= 0.6 is 0 Å². The number of aliphatic hydroxyl groups is 2. The minimum Gasteiger partial charge on any atom is -0.393 e. The molecule has 3 aromatic heterocycles. The zero-order valence-electron chi connectivity index (χ0n) is 17.1. The molecule has 0 saturated carbocycles. The van der Waals surface area contributed by atoms with Crippen LogP contribution in [0.3, 0.4) is 0 Å². The van der Waals surface area contributed by atoms with E-state index in [2.05, 4.69) is 27.5 Å². The van der Waals surface area contributed by atoms with Crippen molar-refractivity contribution in [3.8, 4) is 0 Å². The van der Waals surface area contributed by atoms with Gasteiger partial charge in [0.15, 0.2) is 0 Å². The second-order valence-corrected chi connectivity index (χ2v) is 7.51. The SMILES string of the molecule is O=C(Nc1cccc2c1cnn2Cc1ccccc1)c1cnc2cc(C(O)CO)ccn12. The molecule has 5 rings (SSSR count). The predicted molar refractivity (Wildman–Crippen MR) is 120 cm³/mol. The number of aromatic nitrogens is 4. The highest BCUT2D eigenvalue weighted by Crippen LogP contribution is 2.25. The van der Waals surface area contributed by atoms with E-state index in [1.807, 2.05) is 41.1 Å². The van der Waals surface area contributed by atoms with Crippen molar-refractivity contribution < 1.29 is 15.0 Å². The lowest BCUT2D eigenvalue weighted by atomic mass is 10.1. The second kappa shape index (κ2) is 8.26. The molecule has 3 N–H and O–H groups in total. The number of anilines is 1. The summed E-state index contributed by atoms with van der Waals surface area (Å²) < 4.78 is 3.55. The zero-order valence-corrected chi connectivity index (χ0v) is 17.1. The molecule has 2 aromatic carbocycles. The van der Waals surface area contributed by atoms with Crippen LogP contribution in [0, 0.1) is 0 Å². The number of carbonyl (C=O) groups is 1. The van der Waals surface area contributed by atoms with Gasteiger partial charge < -0.3 is 15.5 Å². The van der Waals surface area contributed by atoms with Crippen LogP contribution in [0.25, 0.3) is 16.6 Å². The summed E-state index contributed by atoms with van der Waals surface area (Å²) in [5.41, 5.74) is 4.13. The van der Waals surface area contributed by atoms with Gasteiger partial charge in [-0.15, -0.1) is 0 Å². The van der Waals surface area contributed by atoms with Gasteiger partial charge in [0.25, 0.3) is 5.91 Å². The highest BCUT2D eigenvalue weighted by Gasteiger charge is 2.16. The topological polar surface area (TPSA) is 105 Å². The Balaban J connectivity index is 1.43. The summed E-state index contributed by atoms with van der Waals surface area (Å²) >= 11 is 0. The van der Waals surface area contributed by atoms with E-state index >= 15 is 0 Å². The molecule has 0 fully saturated rings. The smallest absolute Gasteiger partial charge is 0.274 e. The lowest BCUT2D eigenvalue weighted by Crippen LogP contribution is -2.14. The fourth-order valence-electron chi connectivity index (χ4n) is 3.76. The Labute approximate surface area is 183 Å². The Morgan fingerprint density at radius 3 is 2.72 bits per heavy atom. The van der Waals surface area contributed by atoms with Crippen molar-refractivity contribution in [2.75, 3.05) is 11.9 Å². The van der Waals surface area contributed by atoms with Crippen molar-refractivity contribution in [2.45, 2.75) is 12.6 Å². The van der Waals surface area contributed by atoms with Crippen molar-refractivity contribution in [2.24, 2.45) is 0 Å². The Kier molecular flexibility index (Phi) is 5.14. The first-order valence-corrected chi connectivity index (χ1v) is 10.2. The van der Waals surface area contributed by atoms with Gasteiger partial charge in [-0.3, -0.25) is 13.9 Å². The van der Waals surface area contributed by atoms with Crippen LogP contribution in [0.1, 0.15) is 27.7 Å². The van der Waals surface area contributed by atoms with Gasteiger partial charge in [-0.2, -0.15) is 5.10 Å². The first-order valence-electron chi connectivity index (χ1n) is 10.2. The molecule has 1 amide bonds. The molecule has 8 heteroatoms. The number of rotatable bonds is 6. The molecule has 0 radical (unpaired) electrons. The van der Waals surface area contributed by atoms with E-state index in [1.165, 1.54) is 6.20 Å². The molecule has 1 unspecified atom stereocenters. The maximum Gasteiger partial charge on any atom is 0.274 e. The molecule has 160 valence electrons. The monoisotopic (exact) mass is 427 g/mol. The maximum atomic E-state index is 13.0. The number of imidazole rings is 1. The van der Waals surface area contributed by atoms with E-state index in [0.29, 0.717) is 29.1 Å². The Morgan fingerprint density at radius 2 is 1.91 bits per heavy atom. The van der Waals surface area contributed by atoms with E-state index < -0.39 is 6.10 Å². The molecule has 8 nitrogen and oxygen atoms in total. The molecule has 5 aromatic rings. The van der Waals surface area contributed by atoms with Crippen LogP contribution in [0.2, 0.25) is 0 Å². The fraction of sp³-hybridized carbons (Fsp3) is 0.125. The standard InChI is InChI=1S/C24H21N5O3/c30-15-22(31)17-9-10-28-21(13-25-23(28)11-17)24(32)27-19-7-4-8-20-18(19)12-26-29(20)14-16-5-2-1-3-6-16/h1-13,22,30-31H,14-15H2,(H,27,32). The molecule has 0 aliphatic rings. The summed E-state index contributed by atoms with van der Waals surface area (Å²) in [7, 11) is 0. The summed E-state index contributed by atoms with van der Waals surface area (Å²) in [6, 6.07) is 19.1. The third-order valence-electron chi connectivity index (χ3n) is 5.44. The number of amides is 1. The zero-order chi connectivity index (χ0) is 22.1. The van der Waals surface area contributed by atoms with Crippen LogP contribution in [0.4, 0.5) is 5.69 Å². The average Bonchev–Trinajstić information content (AvgIpc) is 3.44. The number of carbonyl (C=O) groups excluding carboxylic acids is 1. The van der Waals surface area contributed by atoms with Crippen molar-refractivity contribution in [1.82, 2.24) is 19.2 Å². The van der Waals surface area contributed by atoms with Gasteiger partial charge in [0.05, 0.1) is 36.7 Å². The van der Waals surface area contributed by atoms with Crippen molar-refractivity contribution in [3.05, 3.63) is 96.1 Å². The number of benzene rings is 2. The largest absolute Gasteiger partial charge is 0.393 e. The number of nitrogens with one attached hydrogen (secondary N) is 1. The molecular formula is C24H21N5O3. The summed E-state index contributed by atoms with van der Waals surface area (Å²) in [4.78, 5) is 17.3. The summed E-state index contributed by atoms with van der Waals surface area (Å²) in [5.74, 6) is -0.309. The highest BCUT2D eigenvalue weighted by atomic mass is 16.3. The lowest BCUT2D eigenvalue weighted by molar-refractivity contribution is 0.0956. The van der Waals surface area contributed by atoms with E-state index in [9.17, 15) is 9.90 Å². The number of nitrogens with zero attached hydrogens (tertiary/aromatic N) is 4. The van der Waals surface area contributed by atoms with Crippen LogP contribution in [0.15, 0.2) is 79.3 Å². The first kappa shape index (κ1) is 19.9. The minimum absolute atomic E-state index is 0.309. The predicted octanol–water partition coefficient (Wildman–Crippen LogP) is 3.01.